The van der Waals surface area contributed by atoms with Crippen molar-refractivity contribution in [2.45, 2.75) is 46.1 Å². The molecule has 2 aromatic heterocycles. The average Bonchev–Trinajstić information content (AvgIpc) is 3.08. The highest BCUT2D eigenvalue weighted by molar-refractivity contribution is 5.86. The molecule has 0 bridgehead atoms. The molecule has 0 aromatic carbocycles. The van der Waals surface area contributed by atoms with Crippen molar-refractivity contribution >= 4 is 16.9 Å². The van der Waals surface area contributed by atoms with E-state index in [-0.39, 0.29) is 5.91 Å². The van der Waals surface area contributed by atoms with Crippen LogP contribution in [0.2, 0.25) is 0 Å². The van der Waals surface area contributed by atoms with Gasteiger partial charge in [-0.25, -0.2) is 9.67 Å². The maximum Gasteiger partial charge on any atom is 0.242 e. The number of methoxy groups -OCH3 is 1. The fraction of sp³-hybridized carbons (Fsp3) is 0.588. The number of aryl methyl sites for hydroxylation is 3. The third kappa shape index (κ3) is 2.90. The number of rotatable bonds is 5. The van der Waals surface area contributed by atoms with Crippen molar-refractivity contribution in [1.29, 1.82) is 0 Å². The zero-order valence-corrected chi connectivity index (χ0v) is 14.4. The smallest absolute Gasteiger partial charge is 0.242 e. The lowest BCUT2D eigenvalue weighted by Gasteiger charge is -2.11. The summed E-state index contributed by atoms with van der Waals surface area (Å²) in [6, 6.07) is 0.378. The van der Waals surface area contributed by atoms with E-state index in [4.69, 9.17) is 4.74 Å². The molecule has 0 radical (unpaired) electrons. The first kappa shape index (κ1) is 15.8. The van der Waals surface area contributed by atoms with Gasteiger partial charge in [0.1, 0.15) is 0 Å². The van der Waals surface area contributed by atoms with Gasteiger partial charge in [0, 0.05) is 25.2 Å². The van der Waals surface area contributed by atoms with E-state index in [2.05, 4.69) is 29.2 Å². The van der Waals surface area contributed by atoms with Gasteiger partial charge < -0.3 is 10.1 Å². The summed E-state index contributed by atoms with van der Waals surface area (Å²) in [6.07, 6.45) is 2.27. The molecule has 2 aromatic rings. The van der Waals surface area contributed by atoms with Crippen LogP contribution in [-0.4, -0.2) is 33.8 Å². The zero-order chi connectivity index (χ0) is 16.7. The van der Waals surface area contributed by atoms with Crippen LogP contribution in [0.1, 0.15) is 36.6 Å². The van der Waals surface area contributed by atoms with Crippen LogP contribution in [0.4, 0.5) is 0 Å². The van der Waals surface area contributed by atoms with Gasteiger partial charge in [-0.1, -0.05) is 6.92 Å². The Kier molecular flexibility index (Phi) is 4.00. The number of carbonyl (C=O) groups excluding carboxylic acids is 1. The van der Waals surface area contributed by atoms with Crippen molar-refractivity contribution in [3.8, 4) is 5.88 Å². The van der Waals surface area contributed by atoms with E-state index in [1.54, 1.807) is 11.8 Å². The summed E-state index contributed by atoms with van der Waals surface area (Å²) in [6.45, 7) is 6.20. The van der Waals surface area contributed by atoms with Gasteiger partial charge in [-0.15, -0.1) is 5.10 Å². The summed E-state index contributed by atoms with van der Waals surface area (Å²) < 4.78 is 7.11. The number of aromatic nitrogens is 3. The number of nitrogens with zero attached hydrogens (tertiary/aromatic N) is 3. The molecular weight excluding hydrogens is 292 g/mol. The molecule has 2 atom stereocenters. The maximum atomic E-state index is 12.1. The normalized spacial score (nSPS) is 19.9. The standard InChI is InChI=1S/C17H24N4O2/c1-9-8-13(9)19-14(22)7-6-12-10(2)15-16(18-11(12)3)21(4)20-17(15)23-5/h9,13H,6-8H2,1-5H3,(H,19,22)/t9-,13+/m1/s1. The minimum atomic E-state index is 0.122. The fourth-order valence-electron chi connectivity index (χ4n) is 3.15. The molecule has 1 fully saturated rings. The molecule has 0 spiro atoms. The number of amides is 1. The molecule has 0 saturated heterocycles. The third-order valence-corrected chi connectivity index (χ3v) is 4.77. The van der Waals surface area contributed by atoms with E-state index in [1.165, 1.54) is 0 Å². The molecule has 1 amide bonds. The molecule has 1 aliphatic rings. The van der Waals surface area contributed by atoms with Gasteiger partial charge in [-0.3, -0.25) is 4.79 Å². The van der Waals surface area contributed by atoms with Crippen LogP contribution in [0.5, 0.6) is 5.88 Å². The number of hydrogen-bond donors (Lipinski definition) is 1. The Morgan fingerprint density at radius 1 is 1.43 bits per heavy atom. The Morgan fingerprint density at radius 3 is 2.74 bits per heavy atom. The van der Waals surface area contributed by atoms with Crippen LogP contribution < -0.4 is 10.1 Å². The first-order valence-electron chi connectivity index (χ1n) is 8.08. The lowest BCUT2D eigenvalue weighted by Crippen LogP contribution is -2.26. The van der Waals surface area contributed by atoms with E-state index in [0.29, 0.717) is 30.7 Å². The second-order valence-electron chi connectivity index (χ2n) is 6.52. The number of nitrogens with one attached hydrogen (secondary N) is 1. The van der Waals surface area contributed by atoms with Gasteiger partial charge in [0.2, 0.25) is 11.8 Å². The molecule has 6 heteroatoms. The van der Waals surface area contributed by atoms with Gasteiger partial charge in [-0.05, 0) is 43.7 Å². The first-order valence-corrected chi connectivity index (χ1v) is 8.08. The van der Waals surface area contributed by atoms with Crippen LogP contribution in [0.3, 0.4) is 0 Å². The number of pyridine rings is 1. The Hall–Kier alpha value is -2.11. The molecule has 2 heterocycles. The zero-order valence-electron chi connectivity index (χ0n) is 14.4. The Bertz CT molecular complexity index is 766. The van der Waals surface area contributed by atoms with Crippen LogP contribution in [0.25, 0.3) is 11.0 Å². The largest absolute Gasteiger partial charge is 0.479 e. The highest BCUT2D eigenvalue weighted by atomic mass is 16.5. The van der Waals surface area contributed by atoms with Gasteiger partial charge in [0.05, 0.1) is 12.5 Å². The third-order valence-electron chi connectivity index (χ3n) is 4.77. The number of carbonyl (C=O) groups is 1. The second-order valence-corrected chi connectivity index (χ2v) is 6.52. The summed E-state index contributed by atoms with van der Waals surface area (Å²) in [5.41, 5.74) is 3.98. The minimum absolute atomic E-state index is 0.122. The Balaban J connectivity index is 1.84. The van der Waals surface area contributed by atoms with Crippen molar-refractivity contribution in [3.63, 3.8) is 0 Å². The maximum absolute atomic E-state index is 12.1. The van der Waals surface area contributed by atoms with Crippen molar-refractivity contribution in [2.24, 2.45) is 13.0 Å². The predicted molar refractivity (Wildman–Crippen MR) is 88.6 cm³/mol. The Morgan fingerprint density at radius 2 is 2.13 bits per heavy atom. The van der Waals surface area contributed by atoms with Gasteiger partial charge in [0.15, 0.2) is 5.65 Å². The predicted octanol–water partition coefficient (Wildman–Crippen LogP) is 2.05. The molecule has 1 N–H and O–H groups in total. The van der Waals surface area contributed by atoms with Gasteiger partial charge in [-0.2, -0.15) is 0 Å². The van der Waals surface area contributed by atoms with Gasteiger partial charge >= 0.3 is 0 Å². The second kappa shape index (κ2) is 5.83. The van der Waals surface area contributed by atoms with Crippen molar-refractivity contribution in [1.82, 2.24) is 20.1 Å². The van der Waals surface area contributed by atoms with Crippen molar-refractivity contribution in [2.75, 3.05) is 7.11 Å². The lowest BCUT2D eigenvalue weighted by atomic mass is 10.00. The fourth-order valence-corrected chi connectivity index (χ4v) is 3.15. The van der Waals surface area contributed by atoms with Crippen LogP contribution in [-0.2, 0) is 18.3 Å². The van der Waals surface area contributed by atoms with E-state index >= 15 is 0 Å². The first-order chi connectivity index (χ1) is 10.9. The molecule has 23 heavy (non-hydrogen) atoms. The van der Waals surface area contributed by atoms with E-state index in [1.807, 2.05) is 14.0 Å². The van der Waals surface area contributed by atoms with E-state index in [0.717, 1.165) is 34.3 Å². The summed E-state index contributed by atoms with van der Waals surface area (Å²) in [4.78, 5) is 16.7. The Labute approximate surface area is 136 Å². The molecule has 6 nitrogen and oxygen atoms in total. The molecule has 0 aliphatic heterocycles. The quantitative estimate of drug-likeness (QED) is 0.916. The highest BCUT2D eigenvalue weighted by Crippen LogP contribution is 2.31. The summed E-state index contributed by atoms with van der Waals surface area (Å²) in [5, 5.41) is 8.37. The van der Waals surface area contributed by atoms with Crippen LogP contribution >= 0.6 is 0 Å². The van der Waals surface area contributed by atoms with Crippen molar-refractivity contribution < 1.29 is 9.53 Å². The molecule has 124 valence electrons. The number of ether oxygens (including phenoxy) is 1. The van der Waals surface area contributed by atoms with Crippen LogP contribution in [0.15, 0.2) is 0 Å². The molecule has 3 rings (SSSR count). The molecule has 0 unspecified atom stereocenters. The monoisotopic (exact) mass is 316 g/mol. The van der Waals surface area contributed by atoms with Crippen LogP contribution in [0, 0.1) is 19.8 Å². The molecule has 1 saturated carbocycles. The topological polar surface area (TPSA) is 69.0 Å². The van der Waals surface area contributed by atoms with Gasteiger partial charge in [0.25, 0.3) is 0 Å². The van der Waals surface area contributed by atoms with Crippen molar-refractivity contribution in [3.05, 3.63) is 16.8 Å². The number of fused-ring (bicyclic) bond motifs is 1. The highest BCUT2D eigenvalue weighted by Gasteiger charge is 2.33. The van der Waals surface area contributed by atoms with E-state index in [9.17, 15) is 4.79 Å². The average molecular weight is 316 g/mol. The summed E-state index contributed by atoms with van der Waals surface area (Å²) >= 11 is 0. The summed E-state index contributed by atoms with van der Waals surface area (Å²) in [7, 11) is 3.48. The minimum Gasteiger partial charge on any atom is -0.479 e. The number of hydrogen-bond acceptors (Lipinski definition) is 4. The molecule has 1 aliphatic carbocycles. The lowest BCUT2D eigenvalue weighted by molar-refractivity contribution is -0.121. The SMILES string of the molecule is COc1nn(C)c2nc(C)c(CCC(=O)N[C@H]3C[C@H]3C)c(C)c12. The van der Waals surface area contributed by atoms with E-state index < -0.39 is 0 Å². The summed E-state index contributed by atoms with van der Waals surface area (Å²) in [5.74, 6) is 1.33. The molecular formula is C17H24N4O2.